The number of nitrogens with one attached hydrogen (secondary N) is 2. The third-order valence-corrected chi connectivity index (χ3v) is 5.19. The average Bonchev–Trinajstić information content (AvgIpc) is 2.61. The standard InChI is InChI=1S/C14H27N3/c1-17-13-4-5-14(17)8-11(7-13)9-16-12-3-2-6-15-10-12/h11-16H,2-10H2,1H3. The highest BCUT2D eigenvalue weighted by atomic mass is 15.2. The highest BCUT2D eigenvalue weighted by Gasteiger charge is 2.38. The Morgan fingerprint density at radius 2 is 1.94 bits per heavy atom. The molecule has 3 fully saturated rings. The maximum atomic E-state index is 3.79. The lowest BCUT2D eigenvalue weighted by Gasteiger charge is -2.37. The molecule has 3 aliphatic rings. The van der Waals surface area contributed by atoms with E-state index in [2.05, 4.69) is 22.6 Å². The maximum absolute atomic E-state index is 3.79. The fourth-order valence-electron chi connectivity index (χ4n) is 4.05. The van der Waals surface area contributed by atoms with Crippen molar-refractivity contribution in [2.45, 2.75) is 56.7 Å². The van der Waals surface area contributed by atoms with Crippen molar-refractivity contribution in [1.82, 2.24) is 15.5 Å². The van der Waals surface area contributed by atoms with Crippen molar-refractivity contribution in [3.05, 3.63) is 0 Å². The van der Waals surface area contributed by atoms with E-state index in [0.717, 1.165) is 24.0 Å². The monoisotopic (exact) mass is 237 g/mol. The van der Waals surface area contributed by atoms with Crippen LogP contribution in [0.25, 0.3) is 0 Å². The van der Waals surface area contributed by atoms with E-state index in [9.17, 15) is 0 Å². The van der Waals surface area contributed by atoms with Gasteiger partial charge in [-0.3, -0.25) is 0 Å². The van der Waals surface area contributed by atoms with E-state index < -0.39 is 0 Å². The molecule has 0 spiro atoms. The Kier molecular flexibility index (Phi) is 3.69. The summed E-state index contributed by atoms with van der Waals surface area (Å²) in [6, 6.07) is 2.52. The highest BCUT2D eigenvalue weighted by molar-refractivity contribution is 4.94. The summed E-state index contributed by atoms with van der Waals surface area (Å²) < 4.78 is 0. The van der Waals surface area contributed by atoms with Gasteiger partial charge in [0.05, 0.1) is 0 Å². The van der Waals surface area contributed by atoms with E-state index >= 15 is 0 Å². The normalized spacial score (nSPS) is 42.9. The van der Waals surface area contributed by atoms with Crippen molar-refractivity contribution in [3.8, 4) is 0 Å². The summed E-state index contributed by atoms with van der Waals surface area (Å²) in [5, 5.41) is 7.28. The van der Waals surface area contributed by atoms with Gasteiger partial charge in [-0.25, -0.2) is 0 Å². The molecule has 3 heterocycles. The van der Waals surface area contributed by atoms with Crippen molar-refractivity contribution in [3.63, 3.8) is 0 Å². The van der Waals surface area contributed by atoms with Gasteiger partial charge < -0.3 is 15.5 Å². The minimum Gasteiger partial charge on any atom is -0.315 e. The maximum Gasteiger partial charge on any atom is 0.0193 e. The Hall–Kier alpha value is -0.120. The van der Waals surface area contributed by atoms with E-state index in [0.29, 0.717) is 0 Å². The van der Waals surface area contributed by atoms with Gasteiger partial charge in [-0.15, -0.1) is 0 Å². The topological polar surface area (TPSA) is 27.3 Å². The number of rotatable bonds is 3. The Labute approximate surface area is 105 Å². The number of nitrogens with zero attached hydrogens (tertiary/aromatic N) is 1. The van der Waals surface area contributed by atoms with Crippen molar-refractivity contribution in [1.29, 1.82) is 0 Å². The zero-order valence-corrected chi connectivity index (χ0v) is 11.1. The lowest BCUT2D eigenvalue weighted by molar-refractivity contribution is 0.130. The molecule has 0 amide bonds. The van der Waals surface area contributed by atoms with Crippen LogP contribution in [0.5, 0.6) is 0 Å². The second-order valence-corrected chi connectivity index (χ2v) is 6.34. The first kappa shape index (κ1) is 11.9. The molecule has 0 aliphatic carbocycles. The lowest BCUT2D eigenvalue weighted by Crippen LogP contribution is -2.47. The van der Waals surface area contributed by atoms with Gasteiger partial charge in [-0.1, -0.05) is 0 Å². The van der Waals surface area contributed by atoms with E-state index in [1.54, 1.807) is 0 Å². The summed E-state index contributed by atoms with van der Waals surface area (Å²) in [4.78, 5) is 2.64. The van der Waals surface area contributed by atoms with E-state index in [-0.39, 0.29) is 0 Å². The van der Waals surface area contributed by atoms with Gasteiger partial charge in [0.2, 0.25) is 0 Å². The summed E-state index contributed by atoms with van der Waals surface area (Å²) in [6.07, 6.45) is 8.47. The molecule has 0 saturated carbocycles. The second kappa shape index (κ2) is 5.25. The zero-order valence-electron chi connectivity index (χ0n) is 11.1. The molecule has 3 rings (SSSR count). The summed E-state index contributed by atoms with van der Waals surface area (Å²) in [6.45, 7) is 3.66. The fraction of sp³-hybridized carbons (Fsp3) is 1.00. The Balaban J connectivity index is 1.44. The Morgan fingerprint density at radius 1 is 1.18 bits per heavy atom. The molecule has 2 bridgehead atoms. The van der Waals surface area contributed by atoms with Gasteiger partial charge in [0, 0.05) is 24.7 Å². The second-order valence-electron chi connectivity index (χ2n) is 6.34. The molecule has 17 heavy (non-hydrogen) atoms. The van der Waals surface area contributed by atoms with Crippen LogP contribution in [0, 0.1) is 5.92 Å². The smallest absolute Gasteiger partial charge is 0.0193 e. The number of hydrogen-bond acceptors (Lipinski definition) is 3. The van der Waals surface area contributed by atoms with Crippen LogP contribution in [0.1, 0.15) is 38.5 Å². The Morgan fingerprint density at radius 3 is 2.59 bits per heavy atom. The van der Waals surface area contributed by atoms with Crippen LogP contribution >= 0.6 is 0 Å². The molecule has 0 radical (unpaired) electrons. The van der Waals surface area contributed by atoms with Gasteiger partial charge >= 0.3 is 0 Å². The minimum absolute atomic E-state index is 0.737. The summed E-state index contributed by atoms with van der Waals surface area (Å²) in [5.41, 5.74) is 0. The molecule has 3 aliphatic heterocycles. The summed E-state index contributed by atoms with van der Waals surface area (Å²) >= 11 is 0. The average molecular weight is 237 g/mol. The summed E-state index contributed by atoms with van der Waals surface area (Å²) in [7, 11) is 2.33. The molecule has 0 aromatic carbocycles. The van der Waals surface area contributed by atoms with Crippen LogP contribution in [0.2, 0.25) is 0 Å². The van der Waals surface area contributed by atoms with Crippen LogP contribution in [0.4, 0.5) is 0 Å². The van der Waals surface area contributed by atoms with Crippen LogP contribution in [-0.2, 0) is 0 Å². The third-order valence-electron chi connectivity index (χ3n) is 5.19. The first-order chi connectivity index (χ1) is 8.33. The van der Waals surface area contributed by atoms with Gasteiger partial charge in [0.15, 0.2) is 0 Å². The van der Waals surface area contributed by atoms with Gasteiger partial charge in [0.1, 0.15) is 0 Å². The number of piperidine rings is 2. The molecule has 98 valence electrons. The molecule has 2 N–H and O–H groups in total. The summed E-state index contributed by atoms with van der Waals surface area (Å²) in [5.74, 6) is 0.936. The van der Waals surface area contributed by atoms with Gasteiger partial charge in [0.25, 0.3) is 0 Å². The van der Waals surface area contributed by atoms with Crippen LogP contribution < -0.4 is 10.6 Å². The van der Waals surface area contributed by atoms with Crippen LogP contribution in [-0.4, -0.2) is 49.7 Å². The van der Waals surface area contributed by atoms with E-state index in [4.69, 9.17) is 0 Å². The molecule has 3 saturated heterocycles. The molecule has 3 unspecified atom stereocenters. The van der Waals surface area contributed by atoms with E-state index in [1.165, 1.54) is 58.2 Å². The van der Waals surface area contributed by atoms with Crippen LogP contribution in [0.15, 0.2) is 0 Å². The minimum atomic E-state index is 0.737. The lowest BCUT2D eigenvalue weighted by atomic mass is 9.90. The van der Waals surface area contributed by atoms with E-state index in [1.807, 2.05) is 0 Å². The van der Waals surface area contributed by atoms with Crippen molar-refractivity contribution in [2.24, 2.45) is 5.92 Å². The van der Waals surface area contributed by atoms with Crippen molar-refractivity contribution >= 4 is 0 Å². The number of hydrogen-bond donors (Lipinski definition) is 2. The fourth-order valence-corrected chi connectivity index (χ4v) is 4.05. The first-order valence-electron chi connectivity index (χ1n) is 7.49. The van der Waals surface area contributed by atoms with Crippen molar-refractivity contribution in [2.75, 3.05) is 26.7 Å². The molecule has 3 nitrogen and oxygen atoms in total. The molecule has 0 aromatic heterocycles. The predicted molar refractivity (Wildman–Crippen MR) is 71.2 cm³/mol. The van der Waals surface area contributed by atoms with Gasteiger partial charge in [-0.05, 0) is 64.6 Å². The zero-order chi connectivity index (χ0) is 11.7. The third kappa shape index (κ3) is 2.67. The molecule has 0 aromatic rings. The largest absolute Gasteiger partial charge is 0.315 e. The molecule has 3 heteroatoms. The predicted octanol–water partition coefficient (Wildman–Crippen LogP) is 1.20. The first-order valence-corrected chi connectivity index (χ1v) is 7.49. The Bertz CT molecular complexity index is 236. The quantitative estimate of drug-likeness (QED) is 0.772. The van der Waals surface area contributed by atoms with Crippen molar-refractivity contribution < 1.29 is 0 Å². The van der Waals surface area contributed by atoms with Crippen LogP contribution in [0.3, 0.4) is 0 Å². The molecular weight excluding hydrogens is 210 g/mol. The number of fused-ring (bicyclic) bond motifs is 2. The van der Waals surface area contributed by atoms with Gasteiger partial charge in [-0.2, -0.15) is 0 Å². The highest BCUT2D eigenvalue weighted by Crippen LogP contribution is 2.37. The molecule has 3 atom stereocenters. The molecular formula is C14H27N3. The SMILES string of the molecule is CN1C2CCC1CC(CNC1CCCNC1)C2.